The number of ketones is 1. The van der Waals surface area contributed by atoms with Crippen molar-refractivity contribution >= 4 is 23.7 Å². The molecule has 1 heterocycles. The molecule has 1 saturated heterocycles. The molecule has 0 unspecified atom stereocenters. The first kappa shape index (κ1) is 21.9. The van der Waals surface area contributed by atoms with E-state index in [1.54, 1.807) is 0 Å². The van der Waals surface area contributed by atoms with Crippen LogP contribution in [0.3, 0.4) is 0 Å². The molecule has 0 aromatic carbocycles. The second-order valence-corrected chi connectivity index (χ2v) is 8.05. The molecule has 7 heteroatoms. The Morgan fingerprint density at radius 1 is 1.25 bits per heavy atom. The van der Waals surface area contributed by atoms with Gasteiger partial charge in [0.25, 0.3) is 0 Å². The highest BCUT2D eigenvalue weighted by molar-refractivity contribution is 5.92. The summed E-state index contributed by atoms with van der Waals surface area (Å²) in [5.41, 5.74) is -1.12. The number of carbonyl (C=O) groups is 4. The average molecular weight is 392 g/mol. The summed E-state index contributed by atoms with van der Waals surface area (Å²) in [5, 5.41) is 0. The van der Waals surface area contributed by atoms with Crippen LogP contribution in [0.4, 0.5) is 0 Å². The van der Waals surface area contributed by atoms with Crippen LogP contribution in [0.5, 0.6) is 0 Å². The van der Waals surface area contributed by atoms with Crippen LogP contribution >= 0.6 is 0 Å². The van der Waals surface area contributed by atoms with Crippen LogP contribution in [0.15, 0.2) is 24.3 Å². The van der Waals surface area contributed by atoms with Crippen LogP contribution in [-0.2, 0) is 33.4 Å². The van der Waals surface area contributed by atoms with Gasteiger partial charge in [-0.25, -0.2) is 9.59 Å². The Balaban J connectivity index is 2.49. The van der Waals surface area contributed by atoms with Crippen molar-refractivity contribution < 1.29 is 33.4 Å². The number of hydrogen-bond donors (Lipinski definition) is 0. The topological polar surface area (TPSA) is 96.0 Å². The van der Waals surface area contributed by atoms with Crippen LogP contribution in [0.25, 0.3) is 0 Å². The van der Waals surface area contributed by atoms with Gasteiger partial charge < -0.3 is 14.2 Å². The predicted molar refractivity (Wildman–Crippen MR) is 100 cm³/mol. The summed E-state index contributed by atoms with van der Waals surface area (Å²) >= 11 is 0. The summed E-state index contributed by atoms with van der Waals surface area (Å²) in [6, 6.07) is 0. The van der Waals surface area contributed by atoms with Crippen molar-refractivity contribution in [1.82, 2.24) is 0 Å². The molecule has 154 valence electrons. The summed E-state index contributed by atoms with van der Waals surface area (Å²) in [6.07, 6.45) is -0.235. The number of hydrogen-bond acceptors (Lipinski definition) is 7. The molecule has 5 atom stereocenters. The van der Waals surface area contributed by atoms with Crippen LogP contribution in [0, 0.1) is 11.8 Å². The highest BCUT2D eigenvalue weighted by Crippen LogP contribution is 2.40. The molecular weight excluding hydrogens is 364 g/mol. The van der Waals surface area contributed by atoms with Gasteiger partial charge in [-0.15, -0.1) is 0 Å². The summed E-state index contributed by atoms with van der Waals surface area (Å²) < 4.78 is 16.5. The van der Waals surface area contributed by atoms with Crippen molar-refractivity contribution in [2.45, 2.75) is 71.2 Å². The Morgan fingerprint density at radius 2 is 1.89 bits per heavy atom. The zero-order valence-corrected chi connectivity index (χ0v) is 16.9. The molecule has 28 heavy (non-hydrogen) atoms. The van der Waals surface area contributed by atoms with E-state index in [0.29, 0.717) is 12.8 Å². The van der Waals surface area contributed by atoms with E-state index in [-0.39, 0.29) is 35.7 Å². The van der Waals surface area contributed by atoms with E-state index in [1.807, 2.05) is 6.92 Å². The van der Waals surface area contributed by atoms with Crippen molar-refractivity contribution in [3.05, 3.63) is 24.3 Å². The molecule has 0 amide bonds. The van der Waals surface area contributed by atoms with Gasteiger partial charge >= 0.3 is 17.9 Å². The molecule has 1 aliphatic heterocycles. The van der Waals surface area contributed by atoms with Crippen molar-refractivity contribution in [2.24, 2.45) is 11.8 Å². The van der Waals surface area contributed by atoms with Gasteiger partial charge in [0.1, 0.15) is 12.2 Å². The second kappa shape index (κ2) is 8.29. The molecular formula is C21H28O7. The van der Waals surface area contributed by atoms with E-state index in [2.05, 4.69) is 13.2 Å². The molecule has 7 nitrogen and oxygen atoms in total. The van der Waals surface area contributed by atoms with E-state index in [4.69, 9.17) is 14.2 Å². The van der Waals surface area contributed by atoms with Gasteiger partial charge in [0.15, 0.2) is 11.4 Å². The minimum atomic E-state index is -1.49. The highest BCUT2D eigenvalue weighted by Gasteiger charge is 2.50. The Hall–Kier alpha value is -2.44. The minimum Gasteiger partial charge on any atom is -0.458 e. The number of carbonyl (C=O) groups excluding carboxylic acids is 4. The average Bonchev–Trinajstić information content (AvgIpc) is 2.84. The quantitative estimate of drug-likeness (QED) is 0.414. The second-order valence-electron chi connectivity index (χ2n) is 8.05. The molecule has 0 N–H and O–H groups in total. The van der Waals surface area contributed by atoms with Crippen molar-refractivity contribution in [3.63, 3.8) is 0 Å². The highest BCUT2D eigenvalue weighted by atomic mass is 16.6. The van der Waals surface area contributed by atoms with Crippen LogP contribution in [0.1, 0.15) is 53.4 Å². The lowest BCUT2D eigenvalue weighted by Gasteiger charge is -2.36. The van der Waals surface area contributed by atoms with E-state index >= 15 is 0 Å². The molecule has 1 saturated carbocycles. The lowest BCUT2D eigenvalue weighted by Crippen LogP contribution is -2.48. The number of fused-ring (bicyclic) bond motifs is 1. The molecule has 1 aliphatic carbocycles. The summed E-state index contributed by atoms with van der Waals surface area (Å²) in [5.74, 6) is -2.61. The minimum absolute atomic E-state index is 0.0762. The number of esters is 3. The third kappa shape index (κ3) is 4.69. The molecule has 2 aliphatic rings. The first-order valence-electron chi connectivity index (χ1n) is 9.43. The Labute approximate surface area is 165 Å². The smallest absolute Gasteiger partial charge is 0.334 e. The zero-order valence-electron chi connectivity index (χ0n) is 16.9. The van der Waals surface area contributed by atoms with Crippen molar-refractivity contribution in [2.75, 3.05) is 0 Å². The van der Waals surface area contributed by atoms with E-state index in [9.17, 15) is 19.2 Å². The zero-order chi connectivity index (χ0) is 21.2. The maximum absolute atomic E-state index is 12.9. The standard InChI is InChI=1S/C21H28O7/c1-11(2)19(24)27-16-10-21(6,28-14(5)22)17(23)8-7-12(3)9-15-18(16)13(4)20(25)26-15/h12,15-16,18H,1,4,7-10H2,2-3,5-6H3/t12-,15+,16-,18+,21+/m0/s1. The van der Waals surface area contributed by atoms with Crippen molar-refractivity contribution in [3.8, 4) is 0 Å². The summed E-state index contributed by atoms with van der Waals surface area (Å²) in [7, 11) is 0. The molecule has 0 spiro atoms. The number of Topliss-reactive ketones (excluding diaryl/α,β-unsaturated/α-hetero) is 1. The monoisotopic (exact) mass is 392 g/mol. The molecule has 0 aromatic heterocycles. The molecule has 0 aromatic rings. The van der Waals surface area contributed by atoms with Gasteiger partial charge in [-0.3, -0.25) is 9.59 Å². The van der Waals surface area contributed by atoms with E-state index < -0.39 is 41.6 Å². The van der Waals surface area contributed by atoms with Crippen LogP contribution < -0.4 is 0 Å². The molecule has 2 fully saturated rings. The fraction of sp³-hybridized carbons (Fsp3) is 0.619. The third-order valence-corrected chi connectivity index (χ3v) is 5.38. The van der Waals surface area contributed by atoms with E-state index in [0.717, 1.165) is 0 Å². The Kier molecular flexibility index (Phi) is 6.47. The third-order valence-electron chi connectivity index (χ3n) is 5.38. The first-order chi connectivity index (χ1) is 12.9. The fourth-order valence-electron chi connectivity index (χ4n) is 3.86. The fourth-order valence-corrected chi connectivity index (χ4v) is 3.86. The summed E-state index contributed by atoms with van der Waals surface area (Å²) in [4.78, 5) is 49.0. The summed E-state index contributed by atoms with van der Waals surface area (Å²) in [6.45, 7) is 13.6. The maximum Gasteiger partial charge on any atom is 0.334 e. The van der Waals surface area contributed by atoms with Gasteiger partial charge in [-0.2, -0.15) is 0 Å². The van der Waals surface area contributed by atoms with E-state index in [1.165, 1.54) is 20.8 Å². The maximum atomic E-state index is 12.9. The molecule has 0 bridgehead atoms. The Morgan fingerprint density at radius 3 is 2.46 bits per heavy atom. The lowest BCUT2D eigenvalue weighted by molar-refractivity contribution is -0.172. The van der Waals surface area contributed by atoms with Crippen molar-refractivity contribution in [1.29, 1.82) is 0 Å². The predicted octanol–water partition coefficient (Wildman–Crippen LogP) is 2.67. The molecule has 0 radical (unpaired) electrons. The van der Waals surface area contributed by atoms with Gasteiger partial charge in [-0.05, 0) is 32.6 Å². The SMILES string of the molecule is C=C(C)C(=O)O[C@H]1C[C@@](C)(OC(C)=O)C(=O)CC[C@H](C)C[C@H]2OC(=O)C(=C)[C@@H]12. The van der Waals surface area contributed by atoms with Gasteiger partial charge in [0, 0.05) is 30.9 Å². The first-order valence-corrected chi connectivity index (χ1v) is 9.43. The van der Waals surface area contributed by atoms with Gasteiger partial charge in [0.05, 0.1) is 5.92 Å². The number of rotatable bonds is 3. The van der Waals surface area contributed by atoms with Gasteiger partial charge in [-0.1, -0.05) is 20.1 Å². The van der Waals surface area contributed by atoms with Crippen LogP contribution in [0.2, 0.25) is 0 Å². The number of ether oxygens (including phenoxy) is 3. The van der Waals surface area contributed by atoms with Gasteiger partial charge in [0.2, 0.25) is 0 Å². The Bertz CT molecular complexity index is 722. The lowest BCUT2D eigenvalue weighted by atomic mass is 9.77. The largest absolute Gasteiger partial charge is 0.458 e. The normalized spacial score (nSPS) is 33.5. The molecule has 2 rings (SSSR count). The van der Waals surface area contributed by atoms with Crippen LogP contribution in [-0.4, -0.2) is 41.5 Å².